The number of hydrogen-bond donors (Lipinski definition) is 1. The second kappa shape index (κ2) is 7.13. The third-order valence-electron chi connectivity index (χ3n) is 2.57. The van der Waals surface area contributed by atoms with Crippen LogP contribution in [0.2, 0.25) is 0 Å². The van der Waals surface area contributed by atoms with Crippen LogP contribution in [0.15, 0.2) is 29.4 Å². The van der Waals surface area contributed by atoms with Crippen molar-refractivity contribution in [2.24, 2.45) is 5.16 Å². The normalized spacial score (nSPS) is 12.4. The molecule has 0 heterocycles. The van der Waals surface area contributed by atoms with Gasteiger partial charge in [0.1, 0.15) is 15.6 Å². The van der Waals surface area contributed by atoms with E-state index in [1.54, 1.807) is 12.1 Å². The van der Waals surface area contributed by atoms with Gasteiger partial charge in [-0.05, 0) is 42.7 Å². The molecule has 1 N–H and O–H groups in total. The Labute approximate surface area is 113 Å². The summed E-state index contributed by atoms with van der Waals surface area (Å²) in [7, 11) is -2.93. The van der Waals surface area contributed by atoms with Crippen LogP contribution in [0.3, 0.4) is 0 Å². The Kier molecular flexibility index (Phi) is 5.82. The van der Waals surface area contributed by atoms with Crippen molar-refractivity contribution in [1.82, 2.24) is 0 Å². The zero-order chi connectivity index (χ0) is 14.3. The van der Waals surface area contributed by atoms with E-state index in [0.29, 0.717) is 30.9 Å². The molecule has 1 rings (SSSR count). The summed E-state index contributed by atoms with van der Waals surface area (Å²) in [5.41, 5.74) is 1.46. The van der Waals surface area contributed by atoms with Gasteiger partial charge in [0.05, 0.1) is 18.1 Å². The topological polar surface area (TPSA) is 76.0 Å². The third kappa shape index (κ3) is 5.74. The number of nitrogens with zero attached hydrogens (tertiary/aromatic N) is 1. The number of oxime groups is 1. The highest BCUT2D eigenvalue weighted by Crippen LogP contribution is 2.14. The van der Waals surface area contributed by atoms with E-state index < -0.39 is 9.84 Å². The summed E-state index contributed by atoms with van der Waals surface area (Å²) in [4.78, 5) is 0. The average Bonchev–Trinajstić information content (AvgIpc) is 2.37. The van der Waals surface area contributed by atoms with Gasteiger partial charge in [-0.2, -0.15) is 0 Å². The number of ether oxygens (including phenoxy) is 1. The van der Waals surface area contributed by atoms with E-state index >= 15 is 0 Å². The van der Waals surface area contributed by atoms with Crippen LogP contribution in [0.25, 0.3) is 0 Å². The minimum atomic E-state index is -2.93. The largest absolute Gasteiger partial charge is 0.494 e. The molecule has 0 saturated carbocycles. The van der Waals surface area contributed by atoms with Crippen LogP contribution in [0, 0.1) is 0 Å². The Morgan fingerprint density at radius 1 is 1.32 bits per heavy atom. The standard InChI is InChI=1S/C13H19NO4S/c1-3-13(14-15)11-5-7-12(8-6-11)18-9-4-10-19(2,16)17/h5-8,15H,3-4,9-10H2,1-2H3. The van der Waals surface area contributed by atoms with Crippen molar-refractivity contribution in [3.63, 3.8) is 0 Å². The second-order valence-electron chi connectivity index (χ2n) is 4.26. The summed E-state index contributed by atoms with van der Waals surface area (Å²) in [5, 5.41) is 12.0. The van der Waals surface area contributed by atoms with Crippen LogP contribution < -0.4 is 4.74 Å². The molecular formula is C13H19NO4S. The van der Waals surface area contributed by atoms with Gasteiger partial charge in [0.2, 0.25) is 0 Å². The van der Waals surface area contributed by atoms with Gasteiger partial charge in [0.15, 0.2) is 0 Å². The molecule has 0 spiro atoms. The molecule has 1 aromatic carbocycles. The summed E-state index contributed by atoms with van der Waals surface area (Å²) < 4.78 is 27.3. The summed E-state index contributed by atoms with van der Waals surface area (Å²) in [6, 6.07) is 7.17. The lowest BCUT2D eigenvalue weighted by molar-refractivity contribution is 0.317. The van der Waals surface area contributed by atoms with Crippen LogP contribution in [0.1, 0.15) is 25.3 Å². The first-order chi connectivity index (χ1) is 8.96. The van der Waals surface area contributed by atoms with Gasteiger partial charge in [-0.1, -0.05) is 12.1 Å². The zero-order valence-electron chi connectivity index (χ0n) is 11.2. The number of hydrogen-bond acceptors (Lipinski definition) is 5. The molecule has 0 aliphatic rings. The number of benzene rings is 1. The molecule has 0 aliphatic heterocycles. The predicted octanol–water partition coefficient (Wildman–Crippen LogP) is 2.09. The maximum atomic E-state index is 10.9. The molecule has 0 radical (unpaired) electrons. The molecule has 0 atom stereocenters. The van der Waals surface area contributed by atoms with E-state index in [2.05, 4.69) is 5.16 Å². The van der Waals surface area contributed by atoms with Crippen molar-refractivity contribution < 1.29 is 18.4 Å². The number of sulfone groups is 1. The van der Waals surface area contributed by atoms with Crippen LogP contribution in [0.5, 0.6) is 5.75 Å². The molecule has 0 fully saturated rings. The summed E-state index contributed by atoms with van der Waals surface area (Å²) in [5.74, 6) is 0.799. The van der Waals surface area contributed by atoms with E-state index in [-0.39, 0.29) is 5.75 Å². The molecule has 19 heavy (non-hydrogen) atoms. The Morgan fingerprint density at radius 2 is 1.95 bits per heavy atom. The fraction of sp³-hybridized carbons (Fsp3) is 0.462. The molecule has 0 unspecified atom stereocenters. The van der Waals surface area contributed by atoms with Crippen molar-refractivity contribution in [2.45, 2.75) is 19.8 Å². The molecule has 0 aromatic heterocycles. The molecule has 0 aliphatic carbocycles. The Hall–Kier alpha value is -1.56. The van der Waals surface area contributed by atoms with Crippen LogP contribution in [-0.4, -0.2) is 38.0 Å². The lowest BCUT2D eigenvalue weighted by Gasteiger charge is -2.07. The van der Waals surface area contributed by atoms with E-state index in [9.17, 15) is 8.42 Å². The van der Waals surface area contributed by atoms with Gasteiger partial charge in [-0.3, -0.25) is 0 Å². The van der Waals surface area contributed by atoms with Crippen LogP contribution in [0.4, 0.5) is 0 Å². The third-order valence-corrected chi connectivity index (χ3v) is 3.60. The zero-order valence-corrected chi connectivity index (χ0v) is 12.0. The molecule has 1 aromatic rings. The molecule has 106 valence electrons. The van der Waals surface area contributed by atoms with E-state index in [0.717, 1.165) is 5.56 Å². The minimum absolute atomic E-state index is 0.127. The lowest BCUT2D eigenvalue weighted by Crippen LogP contribution is -2.08. The Balaban J connectivity index is 2.49. The van der Waals surface area contributed by atoms with Gasteiger partial charge in [-0.25, -0.2) is 8.42 Å². The van der Waals surface area contributed by atoms with Crippen molar-refractivity contribution >= 4 is 15.5 Å². The monoisotopic (exact) mass is 285 g/mol. The molecule has 6 heteroatoms. The van der Waals surface area contributed by atoms with Gasteiger partial charge in [0.25, 0.3) is 0 Å². The van der Waals surface area contributed by atoms with Crippen molar-refractivity contribution in [1.29, 1.82) is 0 Å². The molecular weight excluding hydrogens is 266 g/mol. The second-order valence-corrected chi connectivity index (χ2v) is 6.52. The van der Waals surface area contributed by atoms with Crippen molar-refractivity contribution in [2.75, 3.05) is 18.6 Å². The predicted molar refractivity (Wildman–Crippen MR) is 74.9 cm³/mol. The molecule has 0 saturated heterocycles. The van der Waals surface area contributed by atoms with Gasteiger partial charge >= 0.3 is 0 Å². The minimum Gasteiger partial charge on any atom is -0.494 e. The van der Waals surface area contributed by atoms with Gasteiger partial charge < -0.3 is 9.94 Å². The smallest absolute Gasteiger partial charge is 0.147 e. The quantitative estimate of drug-likeness (QED) is 0.360. The maximum absolute atomic E-state index is 10.9. The van der Waals surface area contributed by atoms with E-state index in [4.69, 9.17) is 9.94 Å². The molecule has 5 nitrogen and oxygen atoms in total. The van der Waals surface area contributed by atoms with E-state index in [1.165, 1.54) is 6.26 Å². The highest BCUT2D eigenvalue weighted by molar-refractivity contribution is 7.90. The fourth-order valence-electron chi connectivity index (χ4n) is 1.59. The first kappa shape index (κ1) is 15.5. The summed E-state index contributed by atoms with van der Waals surface area (Å²) >= 11 is 0. The van der Waals surface area contributed by atoms with Gasteiger partial charge in [0, 0.05) is 6.26 Å². The van der Waals surface area contributed by atoms with Crippen molar-refractivity contribution in [3.05, 3.63) is 29.8 Å². The van der Waals surface area contributed by atoms with E-state index in [1.807, 2.05) is 19.1 Å². The van der Waals surface area contributed by atoms with Gasteiger partial charge in [-0.15, -0.1) is 0 Å². The first-order valence-corrected chi connectivity index (χ1v) is 8.14. The summed E-state index contributed by atoms with van der Waals surface area (Å²) in [6.45, 7) is 2.27. The first-order valence-electron chi connectivity index (χ1n) is 6.08. The van der Waals surface area contributed by atoms with Crippen molar-refractivity contribution in [3.8, 4) is 5.75 Å². The SMILES string of the molecule is CCC(=NO)c1ccc(OCCCS(C)(=O)=O)cc1. The highest BCUT2D eigenvalue weighted by Gasteiger charge is 2.04. The maximum Gasteiger partial charge on any atom is 0.147 e. The Bertz CT molecular complexity index is 520. The van der Waals surface area contributed by atoms with Crippen LogP contribution in [-0.2, 0) is 9.84 Å². The molecule has 0 bridgehead atoms. The molecule has 0 amide bonds. The van der Waals surface area contributed by atoms with Crippen LogP contribution >= 0.6 is 0 Å². The average molecular weight is 285 g/mol. The Morgan fingerprint density at radius 3 is 2.42 bits per heavy atom. The fourth-order valence-corrected chi connectivity index (χ4v) is 2.23. The summed E-state index contributed by atoms with van der Waals surface area (Å²) in [6.07, 6.45) is 2.33. The number of rotatable bonds is 7. The lowest BCUT2D eigenvalue weighted by atomic mass is 10.1. The highest BCUT2D eigenvalue weighted by atomic mass is 32.2.